The molecule has 0 aliphatic rings. The first-order chi connectivity index (χ1) is 20.7. The van der Waals surface area contributed by atoms with Crippen LogP contribution in [0, 0.1) is 17.7 Å². The Hall–Kier alpha value is -2.73. The predicted molar refractivity (Wildman–Crippen MR) is 181 cm³/mol. The smallest absolute Gasteiger partial charge is 0.168 e. The number of Topliss-reactive ketones (excluding diaryl/α,β-unsaturated/α-hetero) is 1. The summed E-state index contributed by atoms with van der Waals surface area (Å²) in [5.74, 6) is 1.98. The van der Waals surface area contributed by atoms with E-state index in [1.54, 1.807) is 13.2 Å². The van der Waals surface area contributed by atoms with Gasteiger partial charge in [-0.2, -0.15) is 0 Å². The third-order valence-corrected chi connectivity index (χ3v) is 5.57. The lowest BCUT2D eigenvalue weighted by Crippen LogP contribution is -2.06. The Morgan fingerprint density at radius 3 is 2.05 bits per heavy atom. The second-order valence-electron chi connectivity index (χ2n) is 10.0. The summed E-state index contributed by atoms with van der Waals surface area (Å²) in [7, 11) is 1.68. The number of aldehydes is 1. The molecule has 0 aromatic heterocycles. The maximum atomic E-state index is 14.1. The summed E-state index contributed by atoms with van der Waals surface area (Å²) in [5, 5.41) is 0. The lowest BCUT2D eigenvalue weighted by molar-refractivity contribution is -0.122. The van der Waals surface area contributed by atoms with E-state index in [2.05, 4.69) is 12.1 Å². The van der Waals surface area contributed by atoms with Crippen LogP contribution in [-0.2, 0) is 27.2 Å². The van der Waals surface area contributed by atoms with E-state index in [0.717, 1.165) is 56.3 Å². The highest BCUT2D eigenvalue weighted by Gasteiger charge is 2.09. The van der Waals surface area contributed by atoms with Gasteiger partial charge in [0.2, 0.25) is 0 Å². The zero-order valence-corrected chi connectivity index (χ0v) is 29.3. The highest BCUT2D eigenvalue weighted by molar-refractivity contribution is 5.80. The Morgan fingerprint density at radius 1 is 0.884 bits per heavy atom. The SMILES string of the molecule is CC.CC.CCC=O.CCOc1cccc(CCCC(=O)C(C)C)c1.COCCCCc1cccc(OCC(C)C)c1F. The molecule has 0 unspecified atom stereocenters. The minimum atomic E-state index is -0.212. The van der Waals surface area contributed by atoms with Crippen LogP contribution in [0.1, 0.15) is 112 Å². The molecule has 0 atom stereocenters. The molecule has 6 heteroatoms. The van der Waals surface area contributed by atoms with E-state index < -0.39 is 0 Å². The minimum Gasteiger partial charge on any atom is -0.494 e. The van der Waals surface area contributed by atoms with Crippen LogP contribution in [0.4, 0.5) is 4.39 Å². The van der Waals surface area contributed by atoms with Gasteiger partial charge in [0.15, 0.2) is 11.6 Å². The third kappa shape index (κ3) is 25.5. The molecule has 2 rings (SSSR count). The van der Waals surface area contributed by atoms with Gasteiger partial charge in [0.25, 0.3) is 0 Å². The second-order valence-corrected chi connectivity index (χ2v) is 10.0. The molecule has 2 aromatic rings. The topological polar surface area (TPSA) is 61.8 Å². The zero-order chi connectivity index (χ0) is 33.5. The summed E-state index contributed by atoms with van der Waals surface area (Å²) in [6.07, 6.45) is 6.67. The first-order valence-corrected chi connectivity index (χ1v) is 16.3. The molecule has 2 aromatic carbocycles. The molecule has 0 saturated heterocycles. The molecule has 0 heterocycles. The molecule has 0 aliphatic carbocycles. The van der Waals surface area contributed by atoms with Crippen molar-refractivity contribution in [3.63, 3.8) is 0 Å². The predicted octanol–water partition coefficient (Wildman–Crippen LogP) is 10.1. The van der Waals surface area contributed by atoms with E-state index >= 15 is 0 Å². The van der Waals surface area contributed by atoms with Gasteiger partial charge in [-0.05, 0) is 74.3 Å². The fourth-order valence-corrected chi connectivity index (χ4v) is 3.39. The fourth-order valence-electron chi connectivity index (χ4n) is 3.39. The molecule has 0 saturated carbocycles. The van der Waals surface area contributed by atoms with Crippen LogP contribution in [0.2, 0.25) is 0 Å². The molecular formula is C37H63FO5. The number of unbranched alkanes of at least 4 members (excludes halogenated alkanes) is 1. The maximum absolute atomic E-state index is 14.1. The van der Waals surface area contributed by atoms with Crippen LogP contribution in [0.25, 0.3) is 0 Å². The largest absolute Gasteiger partial charge is 0.494 e. The second kappa shape index (κ2) is 32.2. The Kier molecular flexibility index (Phi) is 33.5. The van der Waals surface area contributed by atoms with Gasteiger partial charge in [-0.25, -0.2) is 4.39 Å². The van der Waals surface area contributed by atoms with E-state index in [0.29, 0.717) is 43.5 Å². The third-order valence-electron chi connectivity index (χ3n) is 5.57. The van der Waals surface area contributed by atoms with Gasteiger partial charge in [-0.1, -0.05) is 86.6 Å². The van der Waals surface area contributed by atoms with Crippen molar-refractivity contribution in [1.29, 1.82) is 0 Å². The number of halogens is 1. The van der Waals surface area contributed by atoms with Gasteiger partial charge in [0.05, 0.1) is 13.2 Å². The van der Waals surface area contributed by atoms with Crippen LogP contribution >= 0.6 is 0 Å². The quantitative estimate of drug-likeness (QED) is 0.141. The molecular weight excluding hydrogens is 543 g/mol. The number of carbonyl (C=O) groups is 2. The van der Waals surface area contributed by atoms with E-state index in [1.807, 2.05) is 93.5 Å². The zero-order valence-electron chi connectivity index (χ0n) is 29.3. The number of carbonyl (C=O) groups excluding carboxylic acids is 2. The lowest BCUT2D eigenvalue weighted by atomic mass is 10.0. The van der Waals surface area contributed by atoms with Crippen molar-refractivity contribution in [1.82, 2.24) is 0 Å². The van der Waals surface area contributed by atoms with E-state index in [1.165, 1.54) is 5.56 Å². The van der Waals surface area contributed by atoms with Gasteiger partial charge in [0, 0.05) is 32.5 Å². The number of benzene rings is 2. The number of ether oxygens (including phenoxy) is 3. The standard InChI is InChI=1S/C15H23FO2.C15H22O2.C3H6O.2C2H6/c1-12(2)11-18-14-9-6-8-13(15(14)16)7-4-5-10-17-3;1-4-17-14-9-5-7-13(11-14)8-6-10-15(16)12(2)3;1-2-3-4;2*1-2/h6,8-9,12H,4-5,7,10-11H2,1-3H3;5,7,9,11-12H,4,6,8,10H2,1-3H3;3H,2H2,1H3;2*1-2H3. The van der Waals surface area contributed by atoms with Crippen molar-refractivity contribution in [3.8, 4) is 11.5 Å². The average Bonchev–Trinajstić information content (AvgIpc) is 3.02. The van der Waals surface area contributed by atoms with Gasteiger partial charge in [-0.15, -0.1) is 0 Å². The van der Waals surface area contributed by atoms with E-state index in [-0.39, 0.29) is 11.7 Å². The van der Waals surface area contributed by atoms with Crippen molar-refractivity contribution in [3.05, 3.63) is 59.4 Å². The monoisotopic (exact) mass is 606 g/mol. The Morgan fingerprint density at radius 2 is 1.51 bits per heavy atom. The van der Waals surface area contributed by atoms with Crippen molar-refractivity contribution in [2.75, 3.05) is 26.9 Å². The number of rotatable bonds is 16. The minimum absolute atomic E-state index is 0.157. The Bertz CT molecular complexity index is 912. The fraction of sp³-hybridized carbons (Fsp3) is 0.622. The number of ketones is 1. The molecule has 5 nitrogen and oxygen atoms in total. The molecule has 0 bridgehead atoms. The maximum Gasteiger partial charge on any atom is 0.168 e. The number of hydrogen-bond acceptors (Lipinski definition) is 5. The Balaban J connectivity index is -0.000000600. The van der Waals surface area contributed by atoms with E-state index in [9.17, 15) is 14.0 Å². The summed E-state index contributed by atoms with van der Waals surface area (Å²) >= 11 is 0. The van der Waals surface area contributed by atoms with Crippen LogP contribution in [0.15, 0.2) is 42.5 Å². The Labute approximate surface area is 263 Å². The molecule has 0 spiro atoms. The van der Waals surface area contributed by atoms with Crippen LogP contribution in [0.5, 0.6) is 11.5 Å². The summed E-state index contributed by atoms with van der Waals surface area (Å²) in [4.78, 5) is 20.7. The van der Waals surface area contributed by atoms with Crippen LogP contribution in [-0.4, -0.2) is 39.0 Å². The molecule has 0 radical (unpaired) electrons. The van der Waals surface area contributed by atoms with Crippen molar-refractivity contribution in [2.24, 2.45) is 11.8 Å². The van der Waals surface area contributed by atoms with Crippen molar-refractivity contribution >= 4 is 12.1 Å². The first kappa shape index (κ1) is 44.7. The van der Waals surface area contributed by atoms with Crippen molar-refractivity contribution in [2.45, 2.75) is 114 Å². The van der Waals surface area contributed by atoms with Gasteiger partial charge < -0.3 is 19.0 Å². The molecule has 0 fully saturated rings. The van der Waals surface area contributed by atoms with Gasteiger partial charge in [-0.3, -0.25) is 4.79 Å². The van der Waals surface area contributed by atoms with Crippen LogP contribution < -0.4 is 9.47 Å². The molecule has 248 valence electrons. The molecule has 0 amide bonds. The van der Waals surface area contributed by atoms with Crippen LogP contribution in [0.3, 0.4) is 0 Å². The molecule has 0 aliphatic heterocycles. The average molecular weight is 607 g/mol. The van der Waals surface area contributed by atoms with Gasteiger partial charge >= 0.3 is 0 Å². The first-order valence-electron chi connectivity index (χ1n) is 16.3. The summed E-state index contributed by atoms with van der Waals surface area (Å²) in [6, 6.07) is 13.5. The highest BCUT2D eigenvalue weighted by atomic mass is 19.1. The summed E-state index contributed by atoms with van der Waals surface area (Å²) in [6.45, 7) is 21.8. The van der Waals surface area contributed by atoms with Gasteiger partial charge in [0.1, 0.15) is 17.8 Å². The molecule has 43 heavy (non-hydrogen) atoms. The lowest BCUT2D eigenvalue weighted by Gasteiger charge is -2.11. The normalized spacial score (nSPS) is 9.63. The molecule has 0 N–H and O–H groups in total. The summed E-state index contributed by atoms with van der Waals surface area (Å²) < 4.78 is 30.0. The number of methoxy groups -OCH3 is 1. The van der Waals surface area contributed by atoms with E-state index in [4.69, 9.17) is 14.2 Å². The summed E-state index contributed by atoms with van der Waals surface area (Å²) in [5.41, 5.74) is 1.97. The highest BCUT2D eigenvalue weighted by Crippen LogP contribution is 2.22. The van der Waals surface area contributed by atoms with Crippen molar-refractivity contribution < 1.29 is 28.2 Å². The number of hydrogen-bond donors (Lipinski definition) is 0. The number of aryl methyl sites for hydroxylation is 2.